The first-order valence-electron chi connectivity index (χ1n) is 5.35. The van der Waals surface area contributed by atoms with Crippen LogP contribution in [-0.4, -0.2) is 22.9 Å². The third-order valence-electron chi connectivity index (χ3n) is 2.96. The molecule has 0 fully saturated rings. The second-order valence-corrected chi connectivity index (χ2v) is 4.20. The summed E-state index contributed by atoms with van der Waals surface area (Å²) < 4.78 is 38.2. The number of alkyl halides is 3. The van der Waals surface area contributed by atoms with Gasteiger partial charge in [0.25, 0.3) is 0 Å². The van der Waals surface area contributed by atoms with E-state index in [0.717, 1.165) is 17.7 Å². The summed E-state index contributed by atoms with van der Waals surface area (Å²) in [5.74, 6) is 0. The van der Waals surface area contributed by atoms with Crippen molar-refractivity contribution in [3.8, 4) is 0 Å². The summed E-state index contributed by atoms with van der Waals surface area (Å²) in [6.07, 6.45) is -3.27. The SMILES string of the molecule is NC1(C(F)(F)F)C=CC(c2ccccc2)=CC1O. The number of hydrogen-bond acceptors (Lipinski definition) is 2. The fourth-order valence-corrected chi connectivity index (χ4v) is 1.78. The van der Waals surface area contributed by atoms with E-state index in [2.05, 4.69) is 0 Å². The van der Waals surface area contributed by atoms with Crippen molar-refractivity contribution in [3.63, 3.8) is 0 Å². The molecule has 0 aromatic heterocycles. The van der Waals surface area contributed by atoms with E-state index in [0.29, 0.717) is 5.57 Å². The Morgan fingerprint density at radius 1 is 1.17 bits per heavy atom. The third kappa shape index (κ3) is 2.07. The molecule has 2 unspecified atom stereocenters. The average Bonchev–Trinajstić information content (AvgIpc) is 2.32. The van der Waals surface area contributed by atoms with Crippen LogP contribution in [0.3, 0.4) is 0 Å². The second-order valence-electron chi connectivity index (χ2n) is 4.20. The van der Waals surface area contributed by atoms with Crippen molar-refractivity contribution >= 4 is 5.57 Å². The smallest absolute Gasteiger partial charge is 0.386 e. The molecular weight excluding hydrogens is 243 g/mol. The molecule has 2 nitrogen and oxygen atoms in total. The Morgan fingerprint density at radius 2 is 1.78 bits per heavy atom. The molecule has 0 amide bonds. The zero-order chi connectivity index (χ0) is 13.4. The Labute approximate surface area is 102 Å². The molecule has 0 bridgehead atoms. The lowest BCUT2D eigenvalue weighted by Gasteiger charge is -2.34. The van der Waals surface area contributed by atoms with Crippen LogP contribution >= 0.6 is 0 Å². The molecule has 1 aliphatic carbocycles. The molecule has 3 N–H and O–H groups in total. The maximum absolute atomic E-state index is 12.7. The Bertz CT molecular complexity index is 493. The highest BCUT2D eigenvalue weighted by molar-refractivity contribution is 5.76. The van der Waals surface area contributed by atoms with Gasteiger partial charge in [-0.3, -0.25) is 0 Å². The first kappa shape index (κ1) is 12.9. The van der Waals surface area contributed by atoms with E-state index in [1.165, 1.54) is 6.08 Å². The molecule has 5 heteroatoms. The molecule has 1 aromatic carbocycles. The van der Waals surface area contributed by atoms with Gasteiger partial charge in [-0.1, -0.05) is 42.5 Å². The summed E-state index contributed by atoms with van der Waals surface area (Å²) in [5, 5.41) is 9.62. The molecule has 0 radical (unpaired) electrons. The lowest BCUT2D eigenvalue weighted by molar-refractivity contribution is -0.190. The lowest BCUT2D eigenvalue weighted by atomic mass is 9.84. The van der Waals surface area contributed by atoms with Crippen molar-refractivity contribution in [1.82, 2.24) is 0 Å². The molecule has 0 saturated heterocycles. The number of nitrogens with two attached hydrogens (primary N) is 1. The van der Waals surface area contributed by atoms with Crippen molar-refractivity contribution in [1.29, 1.82) is 0 Å². The zero-order valence-corrected chi connectivity index (χ0v) is 9.35. The highest BCUT2D eigenvalue weighted by Gasteiger charge is 2.55. The minimum absolute atomic E-state index is 0.522. The zero-order valence-electron chi connectivity index (χ0n) is 9.35. The fourth-order valence-electron chi connectivity index (χ4n) is 1.78. The van der Waals surface area contributed by atoms with Crippen molar-refractivity contribution in [2.45, 2.75) is 17.8 Å². The largest absolute Gasteiger partial charge is 0.412 e. The van der Waals surface area contributed by atoms with Crippen LogP contribution < -0.4 is 5.73 Å². The molecular formula is C13H12F3NO. The molecule has 0 heterocycles. The average molecular weight is 255 g/mol. The maximum Gasteiger partial charge on any atom is 0.412 e. The summed E-state index contributed by atoms with van der Waals surface area (Å²) in [6, 6.07) is 8.84. The van der Waals surface area contributed by atoms with Crippen LogP contribution in [0, 0.1) is 0 Å². The molecule has 96 valence electrons. The number of allylic oxidation sites excluding steroid dienone is 2. The number of hydrogen-bond donors (Lipinski definition) is 2. The first-order chi connectivity index (χ1) is 8.34. The number of benzene rings is 1. The quantitative estimate of drug-likeness (QED) is 0.808. The van der Waals surface area contributed by atoms with Gasteiger partial charge < -0.3 is 10.8 Å². The minimum atomic E-state index is -4.69. The summed E-state index contributed by atoms with van der Waals surface area (Å²) in [6.45, 7) is 0. The standard InChI is InChI=1S/C13H12F3NO/c14-13(15,16)12(17)7-6-10(8-11(12)18)9-4-2-1-3-5-9/h1-8,11,18H,17H2. The Morgan fingerprint density at radius 3 is 2.28 bits per heavy atom. The van der Waals surface area contributed by atoms with Gasteiger partial charge >= 0.3 is 6.18 Å². The van der Waals surface area contributed by atoms with E-state index in [9.17, 15) is 18.3 Å². The molecule has 0 saturated carbocycles. The molecule has 1 aliphatic rings. The Hall–Kier alpha value is -1.59. The Kier molecular flexibility index (Phi) is 3.04. The van der Waals surface area contributed by atoms with E-state index in [-0.39, 0.29) is 0 Å². The van der Waals surface area contributed by atoms with Gasteiger partial charge in [0, 0.05) is 0 Å². The molecule has 2 rings (SSSR count). The van der Waals surface area contributed by atoms with Crippen LogP contribution in [0.15, 0.2) is 48.6 Å². The molecule has 18 heavy (non-hydrogen) atoms. The van der Waals surface area contributed by atoms with Gasteiger partial charge in [0.15, 0.2) is 5.54 Å². The van der Waals surface area contributed by atoms with Gasteiger partial charge in [-0.25, -0.2) is 0 Å². The number of aliphatic hydroxyl groups excluding tert-OH is 1. The molecule has 1 aromatic rings. The predicted octanol–water partition coefficient (Wildman–Crippen LogP) is 2.26. The predicted molar refractivity (Wildman–Crippen MR) is 62.5 cm³/mol. The highest BCUT2D eigenvalue weighted by Crippen LogP contribution is 2.37. The van der Waals surface area contributed by atoms with Crippen LogP contribution in [0.25, 0.3) is 5.57 Å². The van der Waals surface area contributed by atoms with Gasteiger partial charge in [0.1, 0.15) is 6.10 Å². The maximum atomic E-state index is 12.7. The molecule has 0 spiro atoms. The third-order valence-corrected chi connectivity index (χ3v) is 2.96. The van der Waals surface area contributed by atoms with E-state index in [1.807, 2.05) is 0 Å². The van der Waals surface area contributed by atoms with Crippen molar-refractivity contribution in [3.05, 3.63) is 54.1 Å². The van der Waals surface area contributed by atoms with Crippen LogP contribution in [-0.2, 0) is 0 Å². The van der Waals surface area contributed by atoms with Gasteiger partial charge in [-0.05, 0) is 17.2 Å². The van der Waals surface area contributed by atoms with E-state index >= 15 is 0 Å². The van der Waals surface area contributed by atoms with Gasteiger partial charge in [-0.15, -0.1) is 0 Å². The van der Waals surface area contributed by atoms with Crippen molar-refractivity contribution < 1.29 is 18.3 Å². The summed E-state index contributed by atoms with van der Waals surface area (Å²) in [7, 11) is 0. The highest BCUT2D eigenvalue weighted by atomic mass is 19.4. The van der Waals surface area contributed by atoms with E-state index in [1.54, 1.807) is 30.3 Å². The fraction of sp³-hybridized carbons (Fsp3) is 0.231. The summed E-state index contributed by atoms with van der Waals surface area (Å²) in [5.41, 5.74) is 3.75. The minimum Gasteiger partial charge on any atom is -0.386 e. The van der Waals surface area contributed by atoms with Gasteiger partial charge in [0.05, 0.1) is 0 Å². The number of rotatable bonds is 1. The van der Waals surface area contributed by atoms with Crippen molar-refractivity contribution in [2.75, 3.05) is 0 Å². The second kappa shape index (κ2) is 4.26. The monoisotopic (exact) mass is 255 g/mol. The Balaban J connectivity index is 2.34. The summed E-state index contributed by atoms with van der Waals surface area (Å²) >= 11 is 0. The number of halogens is 3. The normalized spacial score (nSPS) is 28.1. The summed E-state index contributed by atoms with van der Waals surface area (Å²) in [4.78, 5) is 0. The van der Waals surface area contributed by atoms with Crippen LogP contribution in [0.2, 0.25) is 0 Å². The lowest BCUT2D eigenvalue weighted by Crippen LogP contribution is -2.60. The molecule has 0 aliphatic heterocycles. The van der Waals surface area contributed by atoms with E-state index in [4.69, 9.17) is 5.73 Å². The van der Waals surface area contributed by atoms with Gasteiger partial charge in [0.2, 0.25) is 0 Å². The van der Waals surface area contributed by atoms with E-state index < -0.39 is 17.8 Å². The first-order valence-corrected chi connectivity index (χ1v) is 5.35. The number of aliphatic hydroxyl groups is 1. The molecule has 2 atom stereocenters. The van der Waals surface area contributed by atoms with Crippen LogP contribution in [0.4, 0.5) is 13.2 Å². The topological polar surface area (TPSA) is 46.2 Å². The van der Waals surface area contributed by atoms with Crippen LogP contribution in [0.1, 0.15) is 5.56 Å². The van der Waals surface area contributed by atoms with Crippen molar-refractivity contribution in [2.24, 2.45) is 5.73 Å². The van der Waals surface area contributed by atoms with Gasteiger partial charge in [-0.2, -0.15) is 13.2 Å². The van der Waals surface area contributed by atoms with Crippen LogP contribution in [0.5, 0.6) is 0 Å².